The summed E-state index contributed by atoms with van der Waals surface area (Å²) in [5.74, 6) is 0. The molecule has 1 aromatic rings. The van der Waals surface area contributed by atoms with Crippen LogP contribution in [-0.2, 0) is 4.74 Å². The van der Waals surface area contributed by atoms with Gasteiger partial charge in [0.25, 0.3) is 6.43 Å². The average molecular weight is 325 g/mol. The zero-order valence-corrected chi connectivity index (χ0v) is 12.9. The maximum absolute atomic E-state index is 12.7. The van der Waals surface area contributed by atoms with Crippen LogP contribution < -0.4 is 10.6 Å². The first-order valence-corrected chi connectivity index (χ1v) is 8.04. The van der Waals surface area contributed by atoms with Gasteiger partial charge in [0.1, 0.15) is 0 Å². The van der Waals surface area contributed by atoms with Crippen LogP contribution >= 0.6 is 0 Å². The van der Waals surface area contributed by atoms with Gasteiger partial charge in [-0.05, 0) is 25.3 Å². The fourth-order valence-electron chi connectivity index (χ4n) is 3.56. The second-order valence-electron chi connectivity index (χ2n) is 6.22. The van der Waals surface area contributed by atoms with E-state index in [0.29, 0.717) is 6.61 Å². The lowest BCUT2D eigenvalue weighted by atomic mass is 9.80. The molecule has 2 amide bonds. The van der Waals surface area contributed by atoms with Crippen molar-refractivity contribution in [2.75, 3.05) is 11.9 Å². The molecule has 1 atom stereocenters. The second-order valence-corrected chi connectivity index (χ2v) is 6.22. The van der Waals surface area contributed by atoms with E-state index < -0.39 is 12.5 Å². The van der Waals surface area contributed by atoms with Crippen molar-refractivity contribution < 1.29 is 18.3 Å². The van der Waals surface area contributed by atoms with Crippen molar-refractivity contribution in [3.63, 3.8) is 0 Å². The fourth-order valence-corrected chi connectivity index (χ4v) is 3.56. The molecule has 5 nitrogen and oxygen atoms in total. The van der Waals surface area contributed by atoms with E-state index in [1.54, 1.807) is 0 Å². The third kappa shape index (κ3) is 3.60. The molecule has 2 N–H and O–H groups in total. The molecular formula is C16H21F2N3O2. The number of rotatable bonds is 3. The molecule has 7 heteroatoms. The molecule has 3 rings (SSSR count). The number of carbonyl (C=O) groups is 1. The quantitative estimate of drug-likeness (QED) is 0.892. The van der Waals surface area contributed by atoms with E-state index in [9.17, 15) is 13.6 Å². The molecule has 1 saturated carbocycles. The number of carbonyl (C=O) groups excluding carboxylic acids is 1. The molecule has 0 bridgehead atoms. The highest BCUT2D eigenvalue weighted by Gasteiger charge is 2.45. The van der Waals surface area contributed by atoms with Crippen molar-refractivity contribution in [2.45, 2.75) is 56.6 Å². The number of nitrogens with zero attached hydrogens (tertiary/aromatic N) is 1. The van der Waals surface area contributed by atoms with Crippen molar-refractivity contribution in [2.24, 2.45) is 0 Å². The van der Waals surface area contributed by atoms with Gasteiger partial charge in [-0.15, -0.1) is 0 Å². The number of halogens is 2. The third-order valence-electron chi connectivity index (χ3n) is 4.71. The maximum Gasteiger partial charge on any atom is 0.319 e. The summed E-state index contributed by atoms with van der Waals surface area (Å²) in [4.78, 5) is 15.9. The Kier molecular flexibility index (Phi) is 4.75. The van der Waals surface area contributed by atoms with Crippen LogP contribution in [0, 0.1) is 0 Å². The lowest BCUT2D eigenvalue weighted by Gasteiger charge is -2.37. The smallest absolute Gasteiger partial charge is 0.319 e. The molecule has 1 aliphatic heterocycles. The summed E-state index contributed by atoms with van der Waals surface area (Å²) in [6, 6.07) is 0.798. The molecule has 1 saturated heterocycles. The van der Waals surface area contributed by atoms with Crippen LogP contribution in [0.5, 0.6) is 0 Å². The van der Waals surface area contributed by atoms with Crippen LogP contribution in [0.3, 0.4) is 0 Å². The molecule has 2 heterocycles. The Morgan fingerprint density at radius 1 is 1.30 bits per heavy atom. The van der Waals surface area contributed by atoms with Gasteiger partial charge in [-0.3, -0.25) is 4.98 Å². The molecule has 1 aromatic heterocycles. The van der Waals surface area contributed by atoms with Crippen LogP contribution in [0.25, 0.3) is 0 Å². The van der Waals surface area contributed by atoms with Gasteiger partial charge in [-0.2, -0.15) is 0 Å². The van der Waals surface area contributed by atoms with E-state index in [2.05, 4.69) is 15.6 Å². The zero-order chi connectivity index (χ0) is 16.3. The number of aromatic nitrogens is 1. The van der Waals surface area contributed by atoms with Crippen LogP contribution in [-0.4, -0.2) is 29.3 Å². The summed E-state index contributed by atoms with van der Waals surface area (Å²) >= 11 is 0. The number of alkyl halides is 2. The molecule has 0 aromatic carbocycles. The molecule has 126 valence electrons. The molecule has 2 fully saturated rings. The maximum atomic E-state index is 12.7. The molecule has 1 aliphatic carbocycles. The molecule has 1 spiro atoms. The molecule has 23 heavy (non-hydrogen) atoms. The number of hydrogen-bond acceptors (Lipinski definition) is 3. The lowest BCUT2D eigenvalue weighted by molar-refractivity contribution is -0.0365. The Labute approximate surface area is 133 Å². The van der Waals surface area contributed by atoms with E-state index in [4.69, 9.17) is 4.74 Å². The van der Waals surface area contributed by atoms with Gasteiger partial charge in [0.15, 0.2) is 0 Å². The number of urea groups is 1. The number of hydrogen-bond donors (Lipinski definition) is 2. The highest BCUT2D eigenvalue weighted by atomic mass is 19.3. The SMILES string of the molecule is O=C(Nc1cncc(C(F)F)c1)NC1CCOC12CCCCC2. The number of ether oxygens (including phenoxy) is 1. The Morgan fingerprint density at radius 2 is 2.09 bits per heavy atom. The topological polar surface area (TPSA) is 63.2 Å². The molecular weight excluding hydrogens is 304 g/mol. The van der Waals surface area contributed by atoms with E-state index in [1.807, 2.05) is 0 Å². The van der Waals surface area contributed by atoms with Crippen molar-refractivity contribution in [1.82, 2.24) is 10.3 Å². The van der Waals surface area contributed by atoms with E-state index in [0.717, 1.165) is 38.3 Å². The second kappa shape index (κ2) is 6.78. The monoisotopic (exact) mass is 325 g/mol. The van der Waals surface area contributed by atoms with Crippen LogP contribution in [0.15, 0.2) is 18.5 Å². The van der Waals surface area contributed by atoms with Crippen LogP contribution in [0.4, 0.5) is 19.3 Å². The first-order valence-electron chi connectivity index (χ1n) is 8.04. The normalized spacial score (nSPS) is 23.2. The largest absolute Gasteiger partial charge is 0.373 e. The van der Waals surface area contributed by atoms with Gasteiger partial charge in [-0.25, -0.2) is 13.6 Å². The Balaban J connectivity index is 1.62. The molecule has 0 radical (unpaired) electrons. The first kappa shape index (κ1) is 16.1. The van der Waals surface area contributed by atoms with E-state index in [1.165, 1.54) is 18.7 Å². The minimum atomic E-state index is -2.61. The summed E-state index contributed by atoms with van der Waals surface area (Å²) in [6.07, 6.45) is 5.96. The Morgan fingerprint density at radius 3 is 2.83 bits per heavy atom. The van der Waals surface area contributed by atoms with Gasteiger partial charge >= 0.3 is 6.03 Å². The Bertz CT molecular complexity index is 562. The standard InChI is InChI=1S/C16H21F2N3O2/c17-14(18)11-8-12(10-19-9-11)20-15(22)21-13-4-7-23-16(13)5-2-1-3-6-16/h8-10,13-14H,1-7H2,(H2,20,21,22). The molecule has 2 aliphatic rings. The van der Waals surface area contributed by atoms with E-state index in [-0.39, 0.29) is 22.9 Å². The first-order chi connectivity index (χ1) is 11.1. The number of pyridine rings is 1. The van der Waals surface area contributed by atoms with Gasteiger partial charge < -0.3 is 15.4 Å². The predicted molar refractivity (Wildman–Crippen MR) is 81.5 cm³/mol. The molecule has 1 unspecified atom stereocenters. The minimum Gasteiger partial charge on any atom is -0.373 e. The van der Waals surface area contributed by atoms with Crippen molar-refractivity contribution in [3.05, 3.63) is 24.0 Å². The lowest BCUT2D eigenvalue weighted by Crippen LogP contribution is -2.52. The summed E-state index contributed by atoms with van der Waals surface area (Å²) in [5, 5.41) is 5.53. The highest BCUT2D eigenvalue weighted by molar-refractivity contribution is 5.89. The van der Waals surface area contributed by atoms with Crippen molar-refractivity contribution in [1.29, 1.82) is 0 Å². The third-order valence-corrected chi connectivity index (χ3v) is 4.71. The number of amides is 2. The zero-order valence-electron chi connectivity index (χ0n) is 12.9. The van der Waals surface area contributed by atoms with E-state index >= 15 is 0 Å². The average Bonchev–Trinajstić information content (AvgIpc) is 2.90. The summed E-state index contributed by atoms with van der Waals surface area (Å²) < 4.78 is 31.3. The van der Waals surface area contributed by atoms with Gasteiger partial charge in [-0.1, -0.05) is 19.3 Å². The van der Waals surface area contributed by atoms with Crippen LogP contribution in [0.2, 0.25) is 0 Å². The van der Waals surface area contributed by atoms with Crippen LogP contribution in [0.1, 0.15) is 50.5 Å². The predicted octanol–water partition coefficient (Wildman–Crippen LogP) is 3.63. The summed E-state index contributed by atoms with van der Waals surface area (Å²) in [6.45, 7) is 0.646. The Hall–Kier alpha value is -1.76. The number of nitrogens with one attached hydrogen (secondary N) is 2. The summed E-state index contributed by atoms with van der Waals surface area (Å²) in [5.41, 5.74) is -0.203. The van der Waals surface area contributed by atoms with Gasteiger partial charge in [0.2, 0.25) is 0 Å². The highest BCUT2D eigenvalue weighted by Crippen LogP contribution is 2.39. The fraction of sp³-hybridized carbons (Fsp3) is 0.625. The van der Waals surface area contributed by atoms with Crippen molar-refractivity contribution in [3.8, 4) is 0 Å². The van der Waals surface area contributed by atoms with Crippen molar-refractivity contribution >= 4 is 11.7 Å². The summed E-state index contributed by atoms with van der Waals surface area (Å²) in [7, 11) is 0. The van der Waals surface area contributed by atoms with Gasteiger partial charge in [0.05, 0.1) is 23.5 Å². The number of anilines is 1. The minimum absolute atomic E-state index is 0.0333. The van der Waals surface area contributed by atoms with Gasteiger partial charge in [0, 0.05) is 18.4 Å².